The number of ether oxygens (including phenoxy) is 2. The Morgan fingerprint density at radius 1 is 0.684 bits per heavy atom. The summed E-state index contributed by atoms with van der Waals surface area (Å²) in [6.45, 7) is 1.87. The molecule has 0 aliphatic heterocycles. The smallest absolute Gasteiger partial charge is 0.329 e. The molecule has 200 valence electrons. The second kappa shape index (κ2) is 14.7. The molecule has 3 atom stereocenters. The van der Waals surface area contributed by atoms with Crippen LogP contribution in [-0.4, -0.2) is 36.0 Å². The third kappa shape index (κ3) is 8.54. The van der Waals surface area contributed by atoms with Gasteiger partial charge in [-0.2, -0.15) is 0 Å². The summed E-state index contributed by atoms with van der Waals surface area (Å²) in [5.74, 6) is -1.46. The van der Waals surface area contributed by atoms with Gasteiger partial charge >= 0.3 is 11.9 Å². The summed E-state index contributed by atoms with van der Waals surface area (Å²) in [6.07, 6.45) is 1.03. The molecule has 0 aromatic heterocycles. The summed E-state index contributed by atoms with van der Waals surface area (Å²) in [6, 6.07) is 24.9. The fraction of sp³-hybridized carbons (Fsp3) is 0.300. The largest absolute Gasteiger partial charge is 0.460 e. The van der Waals surface area contributed by atoms with Gasteiger partial charge in [-0.05, 0) is 49.4 Å². The van der Waals surface area contributed by atoms with Crippen molar-refractivity contribution in [2.45, 2.75) is 57.5 Å². The number of anilines is 1. The van der Waals surface area contributed by atoms with Gasteiger partial charge in [0, 0.05) is 5.69 Å². The number of hydrogen-bond donors (Lipinski definition) is 2. The van der Waals surface area contributed by atoms with E-state index in [4.69, 9.17) is 20.9 Å². The van der Waals surface area contributed by atoms with Crippen molar-refractivity contribution in [3.63, 3.8) is 0 Å². The first-order valence-electron chi connectivity index (χ1n) is 12.7. The predicted octanol–water partition coefficient (Wildman–Crippen LogP) is 3.72. The van der Waals surface area contributed by atoms with E-state index in [9.17, 15) is 14.4 Å². The van der Waals surface area contributed by atoms with Crippen molar-refractivity contribution in [3.05, 3.63) is 102 Å². The van der Waals surface area contributed by atoms with Crippen LogP contribution in [0.15, 0.2) is 91.0 Å². The van der Waals surface area contributed by atoms with E-state index in [1.165, 1.54) is 4.90 Å². The number of para-hydroxylation sites is 1. The topological polar surface area (TPSA) is 125 Å². The number of nitrogens with zero attached hydrogens (tertiary/aromatic N) is 1. The quantitative estimate of drug-likeness (QED) is 0.331. The average molecular weight is 518 g/mol. The van der Waals surface area contributed by atoms with Crippen LogP contribution in [0, 0.1) is 0 Å². The van der Waals surface area contributed by atoms with Crippen molar-refractivity contribution in [1.82, 2.24) is 0 Å². The molecule has 8 heteroatoms. The zero-order valence-corrected chi connectivity index (χ0v) is 21.6. The molecule has 0 aliphatic rings. The Balaban J connectivity index is 1.54. The molecule has 0 heterocycles. The summed E-state index contributed by atoms with van der Waals surface area (Å²) in [7, 11) is 0. The van der Waals surface area contributed by atoms with E-state index in [0.29, 0.717) is 18.5 Å². The number of hydrogen-bond acceptors (Lipinski definition) is 7. The number of nitrogens with two attached hydrogens (primary N) is 2. The van der Waals surface area contributed by atoms with Gasteiger partial charge in [-0.1, -0.05) is 78.9 Å². The van der Waals surface area contributed by atoms with E-state index in [2.05, 4.69) is 0 Å². The van der Waals surface area contributed by atoms with E-state index < -0.39 is 36.0 Å². The minimum absolute atomic E-state index is 0.102. The zero-order chi connectivity index (χ0) is 27.3. The highest BCUT2D eigenvalue weighted by Crippen LogP contribution is 2.20. The molecule has 1 amide bonds. The predicted molar refractivity (Wildman–Crippen MR) is 146 cm³/mol. The second-order valence-electron chi connectivity index (χ2n) is 9.05. The standard InChI is InChI=1S/C30H35N3O5/c1-22(29(35)37-20-23-12-5-2-6-13-23)33(25-16-9-4-10-17-25)28(34)26(31)18-11-19-27(32)30(36)38-21-24-14-7-3-8-15-24/h2-10,12-17,22,26-27H,11,18-21,31-32H2,1H3/t22-,26-,27?/m0/s1. The van der Waals surface area contributed by atoms with E-state index in [-0.39, 0.29) is 19.6 Å². The lowest BCUT2D eigenvalue weighted by Crippen LogP contribution is -2.51. The van der Waals surface area contributed by atoms with Gasteiger partial charge in [0.2, 0.25) is 5.91 Å². The maximum absolute atomic E-state index is 13.4. The van der Waals surface area contributed by atoms with Gasteiger partial charge in [0.25, 0.3) is 0 Å². The van der Waals surface area contributed by atoms with Crippen molar-refractivity contribution < 1.29 is 23.9 Å². The average Bonchev–Trinajstić information content (AvgIpc) is 2.96. The molecule has 0 saturated heterocycles. The van der Waals surface area contributed by atoms with Crippen LogP contribution in [0.1, 0.15) is 37.3 Å². The number of amides is 1. The van der Waals surface area contributed by atoms with Crippen molar-refractivity contribution >= 4 is 23.5 Å². The third-order valence-corrected chi connectivity index (χ3v) is 6.10. The maximum atomic E-state index is 13.4. The number of esters is 2. The lowest BCUT2D eigenvalue weighted by Gasteiger charge is -2.30. The number of carbonyl (C=O) groups excluding carboxylic acids is 3. The minimum atomic E-state index is -0.896. The lowest BCUT2D eigenvalue weighted by atomic mass is 10.0. The van der Waals surface area contributed by atoms with Crippen LogP contribution in [0.5, 0.6) is 0 Å². The highest BCUT2D eigenvalue weighted by atomic mass is 16.5. The Hall–Kier alpha value is -4.01. The van der Waals surface area contributed by atoms with Crippen LogP contribution < -0.4 is 16.4 Å². The van der Waals surface area contributed by atoms with Crippen molar-refractivity contribution in [2.24, 2.45) is 11.5 Å². The Morgan fingerprint density at radius 2 is 1.13 bits per heavy atom. The molecule has 4 N–H and O–H groups in total. The van der Waals surface area contributed by atoms with E-state index in [0.717, 1.165) is 11.1 Å². The van der Waals surface area contributed by atoms with Crippen LogP contribution >= 0.6 is 0 Å². The van der Waals surface area contributed by atoms with Crippen LogP contribution in [0.3, 0.4) is 0 Å². The molecule has 3 aromatic carbocycles. The van der Waals surface area contributed by atoms with Crippen molar-refractivity contribution in [2.75, 3.05) is 4.90 Å². The first-order chi connectivity index (χ1) is 18.4. The van der Waals surface area contributed by atoms with Gasteiger partial charge in [0.15, 0.2) is 0 Å². The lowest BCUT2D eigenvalue weighted by molar-refractivity contribution is -0.147. The second-order valence-corrected chi connectivity index (χ2v) is 9.05. The normalized spacial score (nSPS) is 13.1. The molecule has 0 saturated carbocycles. The van der Waals surface area contributed by atoms with Crippen molar-refractivity contribution in [3.8, 4) is 0 Å². The van der Waals surface area contributed by atoms with E-state index >= 15 is 0 Å². The zero-order valence-electron chi connectivity index (χ0n) is 21.6. The summed E-state index contributed by atoms with van der Waals surface area (Å²) < 4.78 is 10.8. The number of benzene rings is 3. The van der Waals surface area contributed by atoms with Gasteiger partial charge in [-0.3, -0.25) is 14.5 Å². The van der Waals surface area contributed by atoms with Gasteiger partial charge in [0.1, 0.15) is 25.3 Å². The van der Waals surface area contributed by atoms with Crippen LogP contribution in [0.4, 0.5) is 5.69 Å². The molecule has 1 unspecified atom stereocenters. The van der Waals surface area contributed by atoms with Crippen molar-refractivity contribution in [1.29, 1.82) is 0 Å². The van der Waals surface area contributed by atoms with Crippen LogP contribution in [0.2, 0.25) is 0 Å². The van der Waals surface area contributed by atoms with Crippen LogP contribution in [0.25, 0.3) is 0 Å². The van der Waals surface area contributed by atoms with E-state index in [1.54, 1.807) is 31.2 Å². The molecule has 0 aliphatic carbocycles. The Bertz CT molecular complexity index is 1160. The van der Waals surface area contributed by atoms with Gasteiger partial charge in [-0.15, -0.1) is 0 Å². The SMILES string of the molecule is C[C@@H](C(=O)OCc1ccccc1)N(C(=O)[C@@H](N)CCCC(N)C(=O)OCc1ccccc1)c1ccccc1. The summed E-state index contributed by atoms with van der Waals surface area (Å²) in [5.41, 5.74) is 14.5. The monoisotopic (exact) mass is 517 g/mol. The first kappa shape index (κ1) is 28.6. The summed E-state index contributed by atoms with van der Waals surface area (Å²) in [4.78, 5) is 39.9. The Morgan fingerprint density at radius 3 is 1.66 bits per heavy atom. The number of carbonyl (C=O) groups is 3. The van der Waals surface area contributed by atoms with Gasteiger partial charge < -0.3 is 20.9 Å². The molecular formula is C30H35N3O5. The summed E-state index contributed by atoms with van der Waals surface area (Å²) >= 11 is 0. The molecule has 0 radical (unpaired) electrons. The summed E-state index contributed by atoms with van der Waals surface area (Å²) in [5, 5.41) is 0. The Kier molecular flexibility index (Phi) is 11.0. The number of rotatable bonds is 13. The molecule has 38 heavy (non-hydrogen) atoms. The van der Waals surface area contributed by atoms with Gasteiger partial charge in [-0.25, -0.2) is 4.79 Å². The fourth-order valence-electron chi connectivity index (χ4n) is 3.90. The molecule has 0 bridgehead atoms. The highest BCUT2D eigenvalue weighted by molar-refractivity contribution is 6.02. The Labute approximate surface area is 223 Å². The molecular weight excluding hydrogens is 482 g/mol. The minimum Gasteiger partial charge on any atom is -0.460 e. The third-order valence-electron chi connectivity index (χ3n) is 6.10. The molecule has 3 rings (SSSR count). The fourth-order valence-corrected chi connectivity index (χ4v) is 3.90. The first-order valence-corrected chi connectivity index (χ1v) is 12.7. The molecule has 0 fully saturated rings. The van der Waals surface area contributed by atoms with Gasteiger partial charge in [0.05, 0.1) is 6.04 Å². The molecule has 0 spiro atoms. The van der Waals surface area contributed by atoms with Crippen LogP contribution in [-0.2, 0) is 37.1 Å². The van der Waals surface area contributed by atoms with E-state index in [1.807, 2.05) is 66.7 Å². The molecule has 3 aromatic rings. The highest BCUT2D eigenvalue weighted by Gasteiger charge is 2.32. The molecule has 8 nitrogen and oxygen atoms in total. The maximum Gasteiger partial charge on any atom is 0.329 e.